The molecule has 0 saturated carbocycles. The van der Waals surface area contributed by atoms with E-state index in [1.165, 1.54) is 10.4 Å². The molecule has 0 saturated heterocycles. The minimum absolute atomic E-state index is 0.834. The van der Waals surface area contributed by atoms with E-state index in [0.29, 0.717) is 0 Å². The second kappa shape index (κ2) is 7.90. The quantitative estimate of drug-likeness (QED) is 0.627. The molecule has 0 atom stereocenters. The van der Waals surface area contributed by atoms with Crippen LogP contribution in [0.15, 0.2) is 64.7 Å². The van der Waals surface area contributed by atoms with Crippen molar-refractivity contribution in [3.8, 4) is 0 Å². The van der Waals surface area contributed by atoms with Crippen molar-refractivity contribution >= 4 is 17.4 Å². The first-order valence-corrected chi connectivity index (χ1v) is 8.54. The molecule has 3 aromatic heterocycles. The summed E-state index contributed by atoms with van der Waals surface area (Å²) in [6.45, 7) is 4.79. The Hall–Kier alpha value is -2.17. The topological polar surface area (TPSA) is 29.3 Å². The zero-order chi connectivity index (χ0) is 15.9. The summed E-state index contributed by atoms with van der Waals surface area (Å²) in [5, 5.41) is 2.16. The van der Waals surface area contributed by atoms with Gasteiger partial charge in [-0.1, -0.05) is 12.1 Å². The van der Waals surface area contributed by atoms with Gasteiger partial charge in [-0.3, -0.25) is 9.88 Å². The van der Waals surface area contributed by atoms with E-state index in [4.69, 9.17) is 4.42 Å². The summed E-state index contributed by atoms with van der Waals surface area (Å²) < 4.78 is 5.34. The SMILES string of the molecule is Cc1ccsc1CN(C/C=C/c1ccco1)Cc1ccccn1. The molecule has 3 heterocycles. The molecule has 0 unspecified atom stereocenters. The fourth-order valence-corrected chi connectivity index (χ4v) is 3.33. The minimum Gasteiger partial charge on any atom is -0.465 e. The summed E-state index contributed by atoms with van der Waals surface area (Å²) >= 11 is 1.81. The molecule has 0 spiro atoms. The van der Waals surface area contributed by atoms with E-state index in [1.807, 2.05) is 47.9 Å². The maximum absolute atomic E-state index is 5.34. The average Bonchev–Trinajstić information content (AvgIpc) is 3.21. The Balaban J connectivity index is 1.68. The van der Waals surface area contributed by atoms with Gasteiger partial charge in [0.15, 0.2) is 0 Å². The Labute approximate surface area is 140 Å². The van der Waals surface area contributed by atoms with Crippen molar-refractivity contribution in [1.29, 1.82) is 0 Å². The van der Waals surface area contributed by atoms with Crippen molar-refractivity contribution in [3.63, 3.8) is 0 Å². The van der Waals surface area contributed by atoms with Crippen LogP contribution in [-0.2, 0) is 13.1 Å². The molecular formula is C19H20N2OS. The predicted molar refractivity (Wildman–Crippen MR) is 95.1 cm³/mol. The first kappa shape index (κ1) is 15.7. The van der Waals surface area contributed by atoms with E-state index in [2.05, 4.69) is 40.4 Å². The minimum atomic E-state index is 0.834. The lowest BCUT2D eigenvalue weighted by Gasteiger charge is -2.20. The number of hydrogen-bond acceptors (Lipinski definition) is 4. The molecule has 0 aromatic carbocycles. The van der Waals surface area contributed by atoms with Gasteiger partial charge in [-0.15, -0.1) is 11.3 Å². The Morgan fingerprint density at radius 1 is 1.17 bits per heavy atom. The van der Waals surface area contributed by atoms with Gasteiger partial charge >= 0.3 is 0 Å². The molecule has 3 aromatic rings. The number of aryl methyl sites for hydroxylation is 1. The zero-order valence-corrected chi connectivity index (χ0v) is 14.0. The van der Waals surface area contributed by atoms with E-state index in [-0.39, 0.29) is 0 Å². The number of thiophene rings is 1. The number of pyridine rings is 1. The van der Waals surface area contributed by atoms with Crippen LogP contribution in [-0.4, -0.2) is 16.4 Å². The lowest BCUT2D eigenvalue weighted by atomic mass is 10.2. The van der Waals surface area contributed by atoms with Gasteiger partial charge in [-0.25, -0.2) is 0 Å². The van der Waals surface area contributed by atoms with Gasteiger partial charge in [0, 0.05) is 30.7 Å². The molecule has 118 valence electrons. The lowest BCUT2D eigenvalue weighted by molar-refractivity contribution is 0.285. The summed E-state index contributed by atoms with van der Waals surface area (Å²) in [4.78, 5) is 8.25. The number of nitrogens with zero attached hydrogens (tertiary/aromatic N) is 2. The fourth-order valence-electron chi connectivity index (χ4n) is 2.38. The first-order valence-electron chi connectivity index (χ1n) is 7.66. The highest BCUT2D eigenvalue weighted by Gasteiger charge is 2.09. The van der Waals surface area contributed by atoms with Crippen LogP contribution in [0.25, 0.3) is 6.08 Å². The molecule has 0 aliphatic carbocycles. The monoisotopic (exact) mass is 324 g/mol. The van der Waals surface area contributed by atoms with E-state index in [1.54, 1.807) is 6.26 Å². The van der Waals surface area contributed by atoms with Gasteiger partial charge in [0.2, 0.25) is 0 Å². The Morgan fingerprint density at radius 2 is 2.13 bits per heavy atom. The maximum atomic E-state index is 5.34. The molecule has 0 aliphatic heterocycles. The van der Waals surface area contributed by atoms with Crippen molar-refractivity contribution in [2.75, 3.05) is 6.54 Å². The van der Waals surface area contributed by atoms with Crippen molar-refractivity contribution < 1.29 is 4.42 Å². The third-order valence-corrected chi connectivity index (χ3v) is 4.64. The van der Waals surface area contributed by atoms with Crippen LogP contribution in [0.3, 0.4) is 0 Å². The molecule has 4 heteroatoms. The van der Waals surface area contributed by atoms with Crippen LogP contribution < -0.4 is 0 Å². The number of hydrogen-bond donors (Lipinski definition) is 0. The summed E-state index contributed by atoms with van der Waals surface area (Å²) in [6, 6.07) is 12.1. The highest BCUT2D eigenvalue weighted by atomic mass is 32.1. The molecule has 0 fully saturated rings. The van der Waals surface area contributed by atoms with Crippen LogP contribution in [0.1, 0.15) is 21.9 Å². The molecule has 3 nitrogen and oxygen atoms in total. The molecule has 0 aliphatic rings. The molecular weight excluding hydrogens is 304 g/mol. The van der Waals surface area contributed by atoms with Crippen molar-refractivity contribution in [2.24, 2.45) is 0 Å². The largest absolute Gasteiger partial charge is 0.465 e. The standard InChI is InChI=1S/C19H20N2OS/c1-16-9-13-23-19(16)15-21(14-17-6-2-3-10-20-17)11-4-7-18-8-5-12-22-18/h2-10,12-13H,11,14-15H2,1H3/b7-4+. The van der Waals surface area contributed by atoms with Gasteiger partial charge in [-0.2, -0.15) is 0 Å². The fraction of sp³-hybridized carbons (Fsp3) is 0.211. The Kier molecular flexibility index (Phi) is 5.40. The highest BCUT2D eigenvalue weighted by molar-refractivity contribution is 7.10. The van der Waals surface area contributed by atoms with Crippen LogP contribution >= 0.6 is 11.3 Å². The van der Waals surface area contributed by atoms with Gasteiger partial charge in [0.25, 0.3) is 0 Å². The summed E-state index contributed by atoms with van der Waals surface area (Å²) in [5.74, 6) is 0.884. The van der Waals surface area contributed by atoms with Gasteiger partial charge in [-0.05, 0) is 54.3 Å². The first-order chi connectivity index (χ1) is 11.3. The lowest BCUT2D eigenvalue weighted by Crippen LogP contribution is -2.23. The zero-order valence-electron chi connectivity index (χ0n) is 13.2. The van der Waals surface area contributed by atoms with E-state index in [9.17, 15) is 0 Å². The van der Waals surface area contributed by atoms with Crippen molar-refractivity contribution in [2.45, 2.75) is 20.0 Å². The highest BCUT2D eigenvalue weighted by Crippen LogP contribution is 2.19. The summed E-state index contributed by atoms with van der Waals surface area (Å²) in [5.41, 5.74) is 2.45. The summed E-state index contributed by atoms with van der Waals surface area (Å²) in [7, 11) is 0. The molecule has 0 bridgehead atoms. The summed E-state index contributed by atoms with van der Waals surface area (Å²) in [6.07, 6.45) is 7.71. The number of aromatic nitrogens is 1. The predicted octanol–water partition coefficient (Wildman–Crippen LogP) is 4.76. The van der Waals surface area contributed by atoms with Crippen molar-refractivity contribution in [1.82, 2.24) is 9.88 Å². The third-order valence-electron chi connectivity index (χ3n) is 3.64. The molecule has 0 amide bonds. The molecule has 0 N–H and O–H groups in total. The Bertz CT molecular complexity index is 732. The maximum Gasteiger partial charge on any atom is 0.126 e. The smallest absolute Gasteiger partial charge is 0.126 e. The Morgan fingerprint density at radius 3 is 2.83 bits per heavy atom. The third kappa shape index (κ3) is 4.65. The second-order valence-corrected chi connectivity index (χ2v) is 6.44. The molecule has 0 radical (unpaired) electrons. The van der Waals surface area contributed by atoms with Gasteiger partial charge in [0.05, 0.1) is 12.0 Å². The average molecular weight is 324 g/mol. The van der Waals surface area contributed by atoms with Gasteiger partial charge < -0.3 is 4.42 Å². The normalized spacial score (nSPS) is 11.6. The van der Waals surface area contributed by atoms with Crippen LogP contribution in [0, 0.1) is 6.92 Å². The van der Waals surface area contributed by atoms with Crippen LogP contribution in [0.2, 0.25) is 0 Å². The number of furan rings is 1. The van der Waals surface area contributed by atoms with Crippen LogP contribution in [0.5, 0.6) is 0 Å². The second-order valence-electron chi connectivity index (χ2n) is 5.44. The molecule has 3 rings (SSSR count). The number of rotatable bonds is 7. The molecule has 23 heavy (non-hydrogen) atoms. The van der Waals surface area contributed by atoms with Crippen molar-refractivity contribution in [3.05, 3.63) is 82.2 Å². The van der Waals surface area contributed by atoms with E-state index >= 15 is 0 Å². The van der Waals surface area contributed by atoms with E-state index in [0.717, 1.165) is 31.1 Å². The van der Waals surface area contributed by atoms with Gasteiger partial charge in [0.1, 0.15) is 5.76 Å². The van der Waals surface area contributed by atoms with E-state index < -0.39 is 0 Å². The van der Waals surface area contributed by atoms with Crippen LogP contribution in [0.4, 0.5) is 0 Å².